The van der Waals surface area contributed by atoms with Crippen molar-refractivity contribution in [1.82, 2.24) is 16.0 Å². The zero-order valence-corrected chi connectivity index (χ0v) is 7.00. The molecule has 2 aliphatic heterocycles. The van der Waals surface area contributed by atoms with E-state index in [-0.39, 0.29) is 11.5 Å². The third kappa shape index (κ3) is 1.33. The Labute approximate surface area is 79.0 Å². The molecule has 2 aliphatic rings. The van der Waals surface area contributed by atoms with E-state index >= 15 is 0 Å². The Morgan fingerprint density at radius 1 is 1.14 bits per heavy atom. The van der Waals surface area contributed by atoms with E-state index in [2.05, 4.69) is 16.0 Å². The molecule has 6 heteroatoms. The van der Waals surface area contributed by atoms with E-state index in [4.69, 9.17) is 5.11 Å². The van der Waals surface area contributed by atoms with Crippen molar-refractivity contribution in [1.29, 1.82) is 0 Å². The number of imide groups is 1. The monoisotopic (exact) mass is 193 g/mol. The molecule has 0 bridgehead atoms. The molecule has 2 heterocycles. The maximum absolute atomic E-state index is 11.2. The van der Waals surface area contributed by atoms with Crippen LogP contribution < -0.4 is 16.0 Å². The van der Waals surface area contributed by atoms with Crippen LogP contribution in [0.4, 0.5) is 4.79 Å². The van der Waals surface area contributed by atoms with Crippen LogP contribution in [0, 0.1) is 0 Å². The summed E-state index contributed by atoms with van der Waals surface area (Å²) in [7, 11) is 0. The summed E-state index contributed by atoms with van der Waals surface area (Å²) < 4.78 is 0. The quantitative estimate of drug-likeness (QED) is 0.311. The number of dihydropyridines is 1. The molecule has 0 radical (unpaired) electrons. The molecule has 0 saturated carbocycles. The summed E-state index contributed by atoms with van der Waals surface area (Å²) in [4.78, 5) is 21.9. The molecule has 2 rings (SSSR count). The van der Waals surface area contributed by atoms with Crippen LogP contribution in [-0.2, 0) is 4.79 Å². The standard InChI is InChI=1S/C8H7N3O3/c12-4-1-2-5(9-3-4)6-7(13)11-8(14)10-6/h1-3,9,12H,(H2,10,11,13,14). The van der Waals surface area contributed by atoms with E-state index in [9.17, 15) is 9.59 Å². The first-order valence-electron chi connectivity index (χ1n) is 3.87. The van der Waals surface area contributed by atoms with Crippen LogP contribution in [0.15, 0.2) is 35.5 Å². The van der Waals surface area contributed by atoms with Crippen LogP contribution in [0.2, 0.25) is 0 Å². The molecule has 0 unspecified atom stereocenters. The Morgan fingerprint density at radius 3 is 2.43 bits per heavy atom. The lowest BCUT2D eigenvalue weighted by molar-refractivity contribution is -0.115. The predicted molar refractivity (Wildman–Crippen MR) is 46.7 cm³/mol. The number of rotatable bonds is 0. The molecule has 1 saturated heterocycles. The summed E-state index contributed by atoms with van der Waals surface area (Å²) in [5.74, 6) is -0.434. The highest BCUT2D eigenvalue weighted by Gasteiger charge is 2.26. The topological polar surface area (TPSA) is 90.5 Å². The maximum Gasteiger partial charge on any atom is 0.326 e. The highest BCUT2D eigenvalue weighted by atomic mass is 16.3. The van der Waals surface area contributed by atoms with Gasteiger partial charge in [-0.05, 0) is 12.2 Å². The molecule has 0 atom stereocenters. The summed E-state index contributed by atoms with van der Waals surface area (Å²) in [6, 6.07) is -0.550. The van der Waals surface area contributed by atoms with Gasteiger partial charge in [0.15, 0.2) is 0 Å². The van der Waals surface area contributed by atoms with Gasteiger partial charge in [-0.3, -0.25) is 10.1 Å². The van der Waals surface area contributed by atoms with Crippen molar-refractivity contribution in [3.8, 4) is 0 Å². The van der Waals surface area contributed by atoms with E-state index in [1.54, 1.807) is 0 Å². The van der Waals surface area contributed by atoms with Crippen molar-refractivity contribution in [3.05, 3.63) is 35.5 Å². The zero-order chi connectivity index (χ0) is 10.1. The Bertz CT molecular complexity index is 406. The molecular formula is C8H7N3O3. The number of carbonyl (C=O) groups is 2. The number of hydrogen-bond acceptors (Lipinski definition) is 4. The molecule has 6 nitrogen and oxygen atoms in total. The van der Waals surface area contributed by atoms with Gasteiger partial charge in [0.05, 0.1) is 5.70 Å². The molecular weight excluding hydrogens is 186 g/mol. The van der Waals surface area contributed by atoms with Crippen molar-refractivity contribution >= 4 is 11.9 Å². The van der Waals surface area contributed by atoms with Gasteiger partial charge in [-0.1, -0.05) is 0 Å². The maximum atomic E-state index is 11.2. The molecule has 3 amide bonds. The normalized spacial score (nSPS) is 25.3. The Balaban J connectivity index is 2.30. The average molecular weight is 193 g/mol. The molecule has 0 aliphatic carbocycles. The number of aliphatic hydroxyl groups is 1. The minimum atomic E-state index is -0.550. The fourth-order valence-corrected chi connectivity index (χ4v) is 1.13. The number of aliphatic hydroxyl groups excluding tert-OH is 1. The molecule has 1 fully saturated rings. The van der Waals surface area contributed by atoms with Gasteiger partial charge in [0, 0.05) is 6.20 Å². The van der Waals surface area contributed by atoms with Crippen LogP contribution in [0.5, 0.6) is 0 Å². The highest BCUT2D eigenvalue weighted by Crippen LogP contribution is 2.09. The number of allylic oxidation sites excluding steroid dienone is 2. The second-order valence-electron chi connectivity index (χ2n) is 2.74. The Morgan fingerprint density at radius 2 is 1.93 bits per heavy atom. The smallest absolute Gasteiger partial charge is 0.326 e. The van der Waals surface area contributed by atoms with Crippen molar-refractivity contribution in [3.63, 3.8) is 0 Å². The Kier molecular flexibility index (Phi) is 1.74. The third-order valence-electron chi connectivity index (χ3n) is 1.76. The van der Waals surface area contributed by atoms with Gasteiger partial charge in [0.25, 0.3) is 5.91 Å². The highest BCUT2D eigenvalue weighted by molar-refractivity contribution is 6.12. The van der Waals surface area contributed by atoms with E-state index in [1.165, 1.54) is 18.4 Å². The van der Waals surface area contributed by atoms with Gasteiger partial charge in [-0.25, -0.2) is 4.79 Å². The van der Waals surface area contributed by atoms with Crippen molar-refractivity contribution in [2.45, 2.75) is 0 Å². The number of carbonyl (C=O) groups excluding carboxylic acids is 2. The van der Waals surface area contributed by atoms with E-state index in [0.29, 0.717) is 5.70 Å². The summed E-state index contributed by atoms with van der Waals surface area (Å²) in [5, 5.41) is 16.1. The molecule has 72 valence electrons. The van der Waals surface area contributed by atoms with Crippen molar-refractivity contribution in [2.75, 3.05) is 0 Å². The first-order valence-corrected chi connectivity index (χ1v) is 3.87. The summed E-state index contributed by atoms with van der Waals surface area (Å²) in [5.41, 5.74) is 0.584. The predicted octanol–water partition coefficient (Wildman–Crippen LogP) is -0.404. The summed E-state index contributed by atoms with van der Waals surface area (Å²) >= 11 is 0. The van der Waals surface area contributed by atoms with E-state index in [0.717, 1.165) is 0 Å². The lowest BCUT2D eigenvalue weighted by Crippen LogP contribution is -2.22. The fraction of sp³-hybridized carbons (Fsp3) is 0. The van der Waals surface area contributed by atoms with E-state index < -0.39 is 11.9 Å². The molecule has 4 N–H and O–H groups in total. The molecule has 0 aromatic heterocycles. The lowest BCUT2D eigenvalue weighted by atomic mass is 10.2. The van der Waals surface area contributed by atoms with Crippen LogP contribution >= 0.6 is 0 Å². The van der Waals surface area contributed by atoms with Gasteiger partial charge < -0.3 is 15.7 Å². The van der Waals surface area contributed by atoms with Crippen LogP contribution in [0.25, 0.3) is 0 Å². The first-order chi connectivity index (χ1) is 6.66. The summed E-state index contributed by atoms with van der Waals surface area (Å²) in [6.45, 7) is 0. The third-order valence-corrected chi connectivity index (χ3v) is 1.76. The number of hydrogen-bond donors (Lipinski definition) is 4. The van der Waals surface area contributed by atoms with Gasteiger partial charge in [-0.2, -0.15) is 0 Å². The second-order valence-corrected chi connectivity index (χ2v) is 2.74. The van der Waals surface area contributed by atoms with Crippen LogP contribution in [0.1, 0.15) is 0 Å². The number of urea groups is 1. The van der Waals surface area contributed by atoms with Gasteiger partial charge in [0.2, 0.25) is 0 Å². The lowest BCUT2D eigenvalue weighted by Gasteiger charge is -2.08. The summed E-state index contributed by atoms with van der Waals surface area (Å²) in [6.07, 6.45) is 4.23. The van der Waals surface area contributed by atoms with Crippen molar-refractivity contribution < 1.29 is 14.7 Å². The van der Waals surface area contributed by atoms with E-state index in [1.807, 2.05) is 0 Å². The fourth-order valence-electron chi connectivity index (χ4n) is 1.13. The zero-order valence-electron chi connectivity index (χ0n) is 7.00. The van der Waals surface area contributed by atoms with Gasteiger partial charge in [-0.15, -0.1) is 0 Å². The minimum Gasteiger partial charge on any atom is -0.506 e. The molecule has 0 aromatic rings. The van der Waals surface area contributed by atoms with Crippen LogP contribution in [-0.4, -0.2) is 17.0 Å². The van der Waals surface area contributed by atoms with Gasteiger partial charge >= 0.3 is 6.03 Å². The van der Waals surface area contributed by atoms with Crippen molar-refractivity contribution in [2.24, 2.45) is 0 Å². The molecule has 0 aromatic carbocycles. The average Bonchev–Trinajstić information content (AvgIpc) is 2.47. The minimum absolute atomic E-state index is 0.0547. The molecule has 0 spiro atoms. The van der Waals surface area contributed by atoms with Gasteiger partial charge in [0.1, 0.15) is 11.5 Å². The number of amides is 3. The number of nitrogens with one attached hydrogen (secondary N) is 3. The van der Waals surface area contributed by atoms with Crippen LogP contribution in [0.3, 0.4) is 0 Å². The Hall–Kier alpha value is -2.24. The SMILES string of the molecule is O=C1NC(=O)C(=C2C=CC(O)=CN2)N1. The largest absolute Gasteiger partial charge is 0.506 e. The molecule has 14 heavy (non-hydrogen) atoms. The first kappa shape index (κ1) is 8.36. The second kappa shape index (κ2) is 2.91.